The second-order valence-electron chi connectivity index (χ2n) is 2.16. The third kappa shape index (κ3) is 2.05. The van der Waals surface area contributed by atoms with Gasteiger partial charge in [-0.2, -0.15) is 0 Å². The van der Waals surface area contributed by atoms with Crippen LogP contribution in [0.2, 0.25) is 0 Å². The summed E-state index contributed by atoms with van der Waals surface area (Å²) >= 11 is 0. The first-order valence-electron chi connectivity index (χ1n) is 3.56. The van der Waals surface area contributed by atoms with Gasteiger partial charge < -0.3 is 4.98 Å². The highest BCUT2D eigenvalue weighted by Gasteiger charge is 1.82. The number of nitrogens with one attached hydrogen (secondary N) is 1. The van der Waals surface area contributed by atoms with E-state index in [1.54, 1.807) is 0 Å². The van der Waals surface area contributed by atoms with E-state index in [1.165, 1.54) is 0 Å². The summed E-state index contributed by atoms with van der Waals surface area (Å²) in [5.41, 5.74) is 1.08. The van der Waals surface area contributed by atoms with Gasteiger partial charge in [-0.05, 0) is 18.6 Å². The Kier molecular flexibility index (Phi) is 2.74. The monoisotopic (exact) mass is 136 g/mol. The van der Waals surface area contributed by atoms with Crippen molar-refractivity contribution in [3.8, 4) is 0 Å². The van der Waals surface area contributed by atoms with Gasteiger partial charge >= 0.3 is 0 Å². The van der Waals surface area contributed by atoms with Gasteiger partial charge in [-0.3, -0.25) is 4.99 Å². The number of hydrogen-bond donors (Lipinski definition) is 1. The Morgan fingerprint density at radius 2 is 2.60 bits per heavy atom. The minimum Gasteiger partial charge on any atom is -0.360 e. The standard InChI is InChI=1S/C8H12N2/c1-2-5-9-7-8-4-3-6-10-8/h3-4,6-7,10H,2,5H2,1H3. The number of rotatable bonds is 3. The molecule has 1 N–H and O–H groups in total. The van der Waals surface area contributed by atoms with Gasteiger partial charge in [0.2, 0.25) is 0 Å². The van der Waals surface area contributed by atoms with Crippen LogP contribution in [-0.2, 0) is 0 Å². The molecule has 0 aliphatic carbocycles. The number of nitrogens with zero attached hydrogens (tertiary/aromatic N) is 1. The van der Waals surface area contributed by atoms with E-state index in [4.69, 9.17) is 0 Å². The molecule has 0 fully saturated rings. The SMILES string of the molecule is CCCN=Cc1ccc[nH]1. The van der Waals surface area contributed by atoms with Crippen LogP contribution in [0.5, 0.6) is 0 Å². The van der Waals surface area contributed by atoms with E-state index in [0.717, 1.165) is 18.7 Å². The molecule has 0 amide bonds. The minimum absolute atomic E-state index is 0.916. The summed E-state index contributed by atoms with van der Waals surface area (Å²) in [5.74, 6) is 0. The smallest absolute Gasteiger partial charge is 0.0561 e. The molecule has 1 rings (SSSR count). The summed E-state index contributed by atoms with van der Waals surface area (Å²) in [7, 11) is 0. The molecule has 0 atom stereocenters. The van der Waals surface area contributed by atoms with Crippen LogP contribution in [0.4, 0.5) is 0 Å². The van der Waals surface area contributed by atoms with Crippen LogP contribution in [-0.4, -0.2) is 17.7 Å². The van der Waals surface area contributed by atoms with Crippen molar-refractivity contribution in [2.75, 3.05) is 6.54 Å². The first kappa shape index (κ1) is 7.06. The molecule has 10 heavy (non-hydrogen) atoms. The maximum absolute atomic E-state index is 4.18. The maximum Gasteiger partial charge on any atom is 0.0561 e. The Labute approximate surface area is 61.0 Å². The van der Waals surface area contributed by atoms with Crippen LogP contribution >= 0.6 is 0 Å². The molecule has 0 bridgehead atoms. The van der Waals surface area contributed by atoms with Crippen molar-refractivity contribution in [3.05, 3.63) is 24.0 Å². The molecule has 1 aromatic heterocycles. The molecule has 0 unspecified atom stereocenters. The van der Waals surface area contributed by atoms with Crippen molar-refractivity contribution in [1.29, 1.82) is 0 Å². The summed E-state index contributed by atoms with van der Waals surface area (Å²) < 4.78 is 0. The van der Waals surface area contributed by atoms with Gasteiger partial charge in [-0.15, -0.1) is 0 Å². The van der Waals surface area contributed by atoms with Crippen LogP contribution in [0, 0.1) is 0 Å². The zero-order valence-electron chi connectivity index (χ0n) is 6.17. The largest absolute Gasteiger partial charge is 0.360 e. The van der Waals surface area contributed by atoms with E-state index in [0.29, 0.717) is 0 Å². The minimum atomic E-state index is 0.916. The van der Waals surface area contributed by atoms with Gasteiger partial charge in [0.05, 0.1) is 5.69 Å². The highest BCUT2D eigenvalue weighted by molar-refractivity contribution is 5.76. The lowest BCUT2D eigenvalue weighted by atomic mass is 10.4. The molecule has 0 radical (unpaired) electrons. The zero-order valence-corrected chi connectivity index (χ0v) is 6.17. The first-order chi connectivity index (χ1) is 4.93. The van der Waals surface area contributed by atoms with Crippen molar-refractivity contribution >= 4 is 6.21 Å². The Morgan fingerprint density at radius 3 is 3.20 bits per heavy atom. The van der Waals surface area contributed by atoms with Gasteiger partial charge in [0.25, 0.3) is 0 Å². The lowest BCUT2D eigenvalue weighted by Crippen LogP contribution is -1.81. The Bertz CT molecular complexity index is 187. The lowest BCUT2D eigenvalue weighted by Gasteiger charge is -1.84. The third-order valence-corrected chi connectivity index (χ3v) is 1.21. The molecule has 0 aliphatic heterocycles. The molecule has 0 aromatic carbocycles. The third-order valence-electron chi connectivity index (χ3n) is 1.21. The quantitative estimate of drug-likeness (QED) is 0.614. The second kappa shape index (κ2) is 3.88. The number of hydrogen-bond acceptors (Lipinski definition) is 1. The molecule has 2 heteroatoms. The normalized spacial score (nSPS) is 10.9. The van der Waals surface area contributed by atoms with E-state index in [9.17, 15) is 0 Å². The summed E-state index contributed by atoms with van der Waals surface area (Å²) in [6.45, 7) is 3.03. The van der Waals surface area contributed by atoms with E-state index in [2.05, 4.69) is 16.9 Å². The molecular weight excluding hydrogens is 124 g/mol. The molecule has 54 valence electrons. The average Bonchev–Trinajstić information content (AvgIpc) is 2.41. The van der Waals surface area contributed by atoms with Gasteiger partial charge in [0.15, 0.2) is 0 Å². The number of aromatic amines is 1. The molecule has 0 saturated carbocycles. The summed E-state index contributed by atoms with van der Waals surface area (Å²) in [4.78, 5) is 7.22. The van der Waals surface area contributed by atoms with E-state index >= 15 is 0 Å². The lowest BCUT2D eigenvalue weighted by molar-refractivity contribution is 0.936. The van der Waals surface area contributed by atoms with Gasteiger partial charge in [-0.1, -0.05) is 6.92 Å². The van der Waals surface area contributed by atoms with Crippen molar-refractivity contribution < 1.29 is 0 Å². The van der Waals surface area contributed by atoms with Gasteiger partial charge in [0, 0.05) is 19.0 Å². The molecule has 2 nitrogen and oxygen atoms in total. The van der Waals surface area contributed by atoms with Gasteiger partial charge in [0.1, 0.15) is 0 Å². The topological polar surface area (TPSA) is 28.1 Å². The molecule has 0 saturated heterocycles. The van der Waals surface area contributed by atoms with E-state index in [1.807, 2.05) is 24.5 Å². The van der Waals surface area contributed by atoms with E-state index in [-0.39, 0.29) is 0 Å². The zero-order chi connectivity index (χ0) is 7.23. The van der Waals surface area contributed by atoms with Crippen molar-refractivity contribution in [2.24, 2.45) is 4.99 Å². The summed E-state index contributed by atoms with van der Waals surface area (Å²) in [6, 6.07) is 3.96. The molecule has 0 aliphatic rings. The fourth-order valence-electron chi connectivity index (χ4n) is 0.717. The molecule has 1 heterocycles. The number of aromatic nitrogens is 1. The predicted octanol–water partition coefficient (Wildman–Crippen LogP) is 1.84. The highest BCUT2D eigenvalue weighted by atomic mass is 14.7. The average molecular weight is 136 g/mol. The van der Waals surface area contributed by atoms with Crippen LogP contribution in [0.3, 0.4) is 0 Å². The van der Waals surface area contributed by atoms with Crippen LogP contribution < -0.4 is 0 Å². The molecule has 1 aromatic rings. The summed E-state index contributed by atoms with van der Waals surface area (Å²) in [5, 5.41) is 0. The Hall–Kier alpha value is -1.05. The Balaban J connectivity index is 2.40. The van der Waals surface area contributed by atoms with Crippen molar-refractivity contribution in [2.45, 2.75) is 13.3 Å². The van der Waals surface area contributed by atoms with Crippen molar-refractivity contribution in [1.82, 2.24) is 4.98 Å². The molecular formula is C8H12N2. The van der Waals surface area contributed by atoms with Crippen LogP contribution in [0.25, 0.3) is 0 Å². The van der Waals surface area contributed by atoms with Crippen LogP contribution in [0.15, 0.2) is 23.3 Å². The maximum atomic E-state index is 4.18. The van der Waals surface area contributed by atoms with Crippen molar-refractivity contribution in [3.63, 3.8) is 0 Å². The van der Waals surface area contributed by atoms with E-state index < -0.39 is 0 Å². The first-order valence-corrected chi connectivity index (χ1v) is 3.56. The second-order valence-corrected chi connectivity index (χ2v) is 2.16. The highest BCUT2D eigenvalue weighted by Crippen LogP contribution is 1.89. The number of aliphatic imine (C=N–C) groups is 1. The fourth-order valence-corrected chi connectivity index (χ4v) is 0.717. The molecule has 0 spiro atoms. The van der Waals surface area contributed by atoms with Gasteiger partial charge in [-0.25, -0.2) is 0 Å². The fraction of sp³-hybridized carbons (Fsp3) is 0.375. The Morgan fingerprint density at radius 1 is 1.70 bits per heavy atom. The summed E-state index contributed by atoms with van der Waals surface area (Å²) in [6.07, 6.45) is 4.87. The van der Waals surface area contributed by atoms with Crippen LogP contribution in [0.1, 0.15) is 19.0 Å². The predicted molar refractivity (Wildman–Crippen MR) is 43.5 cm³/mol. The number of H-pyrrole nitrogens is 1.